The summed E-state index contributed by atoms with van der Waals surface area (Å²) >= 11 is 0. The molecule has 0 saturated heterocycles. The third kappa shape index (κ3) is 3.99. The maximum Gasteiger partial charge on any atom is 0.339 e. The summed E-state index contributed by atoms with van der Waals surface area (Å²) in [6.07, 6.45) is 9.38. The van der Waals surface area contributed by atoms with Gasteiger partial charge in [0.25, 0.3) is 0 Å². The van der Waals surface area contributed by atoms with Gasteiger partial charge in [-0.05, 0) is 25.8 Å². The number of hydrogen-bond donors (Lipinski definition) is 1. The Kier molecular flexibility index (Phi) is 4.85. The van der Waals surface area contributed by atoms with E-state index in [1.807, 2.05) is 7.05 Å². The van der Waals surface area contributed by atoms with Crippen molar-refractivity contribution in [3.8, 4) is 0 Å². The Balaban J connectivity index is 1.94. The molecule has 5 nitrogen and oxygen atoms in total. The van der Waals surface area contributed by atoms with Crippen LogP contribution in [0.2, 0.25) is 0 Å². The summed E-state index contributed by atoms with van der Waals surface area (Å²) in [5.41, 5.74) is 0.804. The number of carboxylic acid groups (broad SMARTS) is 1. The lowest BCUT2D eigenvalue weighted by atomic mass is 9.89. The lowest BCUT2D eigenvalue weighted by molar-refractivity contribution is 0.0693. The Morgan fingerprint density at radius 3 is 2.84 bits per heavy atom. The van der Waals surface area contributed by atoms with Crippen molar-refractivity contribution in [3.05, 3.63) is 23.8 Å². The first-order chi connectivity index (χ1) is 9.16. The van der Waals surface area contributed by atoms with Crippen LogP contribution < -0.4 is 0 Å². The zero-order valence-corrected chi connectivity index (χ0v) is 11.4. The summed E-state index contributed by atoms with van der Waals surface area (Å²) in [4.78, 5) is 21.1. The number of aromatic carboxylic acids is 1. The molecule has 1 aromatic rings. The fraction of sp³-hybridized carbons (Fsp3) is 0.643. The predicted molar refractivity (Wildman–Crippen MR) is 71.9 cm³/mol. The minimum absolute atomic E-state index is 0.206. The van der Waals surface area contributed by atoms with Crippen LogP contribution in [0, 0.1) is 5.92 Å². The van der Waals surface area contributed by atoms with Crippen LogP contribution in [0.15, 0.2) is 12.5 Å². The van der Waals surface area contributed by atoms with E-state index >= 15 is 0 Å². The normalized spacial score (nSPS) is 16.7. The zero-order valence-electron chi connectivity index (χ0n) is 11.4. The van der Waals surface area contributed by atoms with Gasteiger partial charge in [-0.1, -0.05) is 19.3 Å². The highest BCUT2D eigenvalue weighted by molar-refractivity contribution is 5.88. The van der Waals surface area contributed by atoms with Gasteiger partial charge >= 0.3 is 5.97 Å². The Bertz CT molecular complexity index is 430. The minimum Gasteiger partial charge on any atom is -0.478 e. The molecule has 0 aliphatic heterocycles. The van der Waals surface area contributed by atoms with Gasteiger partial charge in [-0.25, -0.2) is 14.8 Å². The molecule has 1 heterocycles. The molecule has 5 heteroatoms. The maximum absolute atomic E-state index is 11.1. The fourth-order valence-corrected chi connectivity index (χ4v) is 2.79. The van der Waals surface area contributed by atoms with Gasteiger partial charge in [0.05, 0.1) is 5.69 Å². The molecular formula is C14H21N3O2. The van der Waals surface area contributed by atoms with E-state index in [9.17, 15) is 4.79 Å². The molecule has 1 aliphatic rings. The van der Waals surface area contributed by atoms with Crippen molar-refractivity contribution in [1.29, 1.82) is 0 Å². The highest BCUT2D eigenvalue weighted by atomic mass is 16.4. The molecule has 1 aliphatic carbocycles. The third-order valence-electron chi connectivity index (χ3n) is 3.74. The Morgan fingerprint density at radius 2 is 2.16 bits per heavy atom. The third-order valence-corrected chi connectivity index (χ3v) is 3.74. The summed E-state index contributed by atoms with van der Waals surface area (Å²) in [6, 6.07) is 0. The second-order valence-corrected chi connectivity index (χ2v) is 5.39. The van der Waals surface area contributed by atoms with Crippen LogP contribution in [-0.2, 0) is 6.54 Å². The zero-order chi connectivity index (χ0) is 13.7. The van der Waals surface area contributed by atoms with Crippen LogP contribution in [0.3, 0.4) is 0 Å². The Labute approximate surface area is 113 Å². The summed E-state index contributed by atoms with van der Waals surface area (Å²) in [6.45, 7) is 1.59. The van der Waals surface area contributed by atoms with Crippen LogP contribution in [0.25, 0.3) is 0 Å². The number of hydrogen-bond acceptors (Lipinski definition) is 4. The van der Waals surface area contributed by atoms with Crippen LogP contribution in [0.4, 0.5) is 0 Å². The highest BCUT2D eigenvalue weighted by Gasteiger charge is 2.18. The summed E-state index contributed by atoms with van der Waals surface area (Å²) in [5, 5.41) is 9.10. The van der Waals surface area contributed by atoms with Gasteiger partial charge in [-0.3, -0.25) is 0 Å². The molecule has 1 saturated carbocycles. The molecule has 0 radical (unpaired) electrons. The van der Waals surface area contributed by atoms with Gasteiger partial charge in [-0.15, -0.1) is 0 Å². The van der Waals surface area contributed by atoms with Crippen LogP contribution >= 0.6 is 0 Å². The first-order valence-electron chi connectivity index (χ1n) is 6.87. The fourth-order valence-electron chi connectivity index (χ4n) is 2.79. The summed E-state index contributed by atoms with van der Waals surface area (Å²) < 4.78 is 0. The van der Waals surface area contributed by atoms with E-state index in [2.05, 4.69) is 14.9 Å². The van der Waals surface area contributed by atoms with Gasteiger partial charge in [0.1, 0.15) is 11.9 Å². The molecule has 0 atom stereocenters. The van der Waals surface area contributed by atoms with Gasteiger partial charge in [0.2, 0.25) is 0 Å². The van der Waals surface area contributed by atoms with E-state index in [4.69, 9.17) is 5.11 Å². The standard InChI is InChI=1S/C14H21N3O2/c1-17(8-11-5-3-2-4-6-11)9-13-12(14(18)19)7-15-10-16-13/h7,10-11H,2-6,8-9H2,1H3,(H,18,19). The second kappa shape index (κ2) is 6.61. The monoisotopic (exact) mass is 263 g/mol. The Morgan fingerprint density at radius 1 is 1.42 bits per heavy atom. The van der Waals surface area contributed by atoms with Crippen molar-refractivity contribution < 1.29 is 9.90 Å². The van der Waals surface area contributed by atoms with E-state index in [0.717, 1.165) is 12.5 Å². The van der Waals surface area contributed by atoms with Crippen molar-refractivity contribution in [3.63, 3.8) is 0 Å². The molecule has 19 heavy (non-hydrogen) atoms. The lowest BCUT2D eigenvalue weighted by Crippen LogP contribution is -2.28. The molecule has 0 bridgehead atoms. The number of carboxylic acids is 1. The topological polar surface area (TPSA) is 66.3 Å². The predicted octanol–water partition coefficient (Wildman–Crippen LogP) is 2.19. The van der Waals surface area contributed by atoms with Gasteiger partial charge in [0, 0.05) is 19.3 Å². The molecule has 2 rings (SSSR count). The molecule has 0 spiro atoms. The molecule has 1 N–H and O–H groups in total. The first-order valence-corrected chi connectivity index (χ1v) is 6.87. The van der Waals surface area contributed by atoms with E-state index in [1.165, 1.54) is 44.6 Å². The molecule has 0 unspecified atom stereocenters. The molecule has 1 aromatic heterocycles. The largest absolute Gasteiger partial charge is 0.478 e. The lowest BCUT2D eigenvalue weighted by Gasteiger charge is -2.26. The SMILES string of the molecule is CN(Cc1ncncc1C(=O)O)CC1CCCCC1. The highest BCUT2D eigenvalue weighted by Crippen LogP contribution is 2.24. The summed E-state index contributed by atoms with van der Waals surface area (Å²) in [7, 11) is 2.03. The number of aromatic nitrogens is 2. The first kappa shape index (κ1) is 13.9. The van der Waals surface area contributed by atoms with E-state index in [-0.39, 0.29) is 5.56 Å². The number of nitrogens with zero attached hydrogens (tertiary/aromatic N) is 3. The average Bonchev–Trinajstić information content (AvgIpc) is 2.40. The molecule has 0 aromatic carbocycles. The number of rotatable bonds is 5. The quantitative estimate of drug-likeness (QED) is 0.882. The number of carbonyl (C=O) groups is 1. The van der Waals surface area contributed by atoms with E-state index in [1.54, 1.807) is 0 Å². The van der Waals surface area contributed by atoms with Crippen molar-refractivity contribution in [2.24, 2.45) is 5.92 Å². The van der Waals surface area contributed by atoms with E-state index < -0.39 is 5.97 Å². The summed E-state index contributed by atoms with van der Waals surface area (Å²) in [5.74, 6) is -0.212. The minimum atomic E-state index is -0.957. The maximum atomic E-state index is 11.1. The van der Waals surface area contributed by atoms with Crippen LogP contribution in [-0.4, -0.2) is 39.5 Å². The molecule has 1 fully saturated rings. The molecule has 104 valence electrons. The average molecular weight is 263 g/mol. The van der Waals surface area contributed by atoms with E-state index in [0.29, 0.717) is 12.2 Å². The van der Waals surface area contributed by atoms with Crippen molar-refractivity contribution in [1.82, 2.24) is 14.9 Å². The van der Waals surface area contributed by atoms with Crippen molar-refractivity contribution in [2.75, 3.05) is 13.6 Å². The van der Waals surface area contributed by atoms with Crippen LogP contribution in [0.5, 0.6) is 0 Å². The molecule has 0 amide bonds. The van der Waals surface area contributed by atoms with Crippen molar-refractivity contribution in [2.45, 2.75) is 38.6 Å². The van der Waals surface area contributed by atoms with Gasteiger partial charge in [-0.2, -0.15) is 0 Å². The van der Waals surface area contributed by atoms with Gasteiger partial charge in [0.15, 0.2) is 0 Å². The van der Waals surface area contributed by atoms with Gasteiger partial charge < -0.3 is 10.0 Å². The Hall–Kier alpha value is -1.49. The van der Waals surface area contributed by atoms with Crippen LogP contribution in [0.1, 0.15) is 48.2 Å². The smallest absolute Gasteiger partial charge is 0.339 e. The second-order valence-electron chi connectivity index (χ2n) is 5.39. The van der Waals surface area contributed by atoms with Crippen molar-refractivity contribution >= 4 is 5.97 Å². The molecular weight excluding hydrogens is 242 g/mol.